The number of aromatic nitrogens is 4. The molecule has 1 unspecified atom stereocenters. The van der Waals surface area contributed by atoms with Crippen LogP contribution < -0.4 is 0 Å². The highest BCUT2D eigenvalue weighted by Crippen LogP contribution is 2.26. The molecule has 2 rings (SSSR count). The van der Waals surface area contributed by atoms with Crippen molar-refractivity contribution in [2.45, 2.75) is 46.1 Å². The fourth-order valence-electron chi connectivity index (χ4n) is 1.71. The normalized spacial score (nSPS) is 13.5. The summed E-state index contributed by atoms with van der Waals surface area (Å²) in [6.45, 7) is 8.20. The maximum atomic E-state index is 9.89. The van der Waals surface area contributed by atoms with Crippen LogP contribution >= 0.6 is 0 Å². The molecular formula is C12H18N4O. The van der Waals surface area contributed by atoms with Crippen molar-refractivity contribution in [2.75, 3.05) is 0 Å². The third-order valence-corrected chi connectivity index (χ3v) is 2.99. The van der Waals surface area contributed by atoms with Gasteiger partial charge in [-0.1, -0.05) is 13.8 Å². The Kier molecular flexibility index (Phi) is 3.00. The van der Waals surface area contributed by atoms with Crippen LogP contribution in [-0.4, -0.2) is 24.9 Å². The van der Waals surface area contributed by atoms with Crippen LogP contribution in [0.5, 0.6) is 5.88 Å². The predicted octanol–water partition coefficient (Wildman–Crippen LogP) is 2.63. The summed E-state index contributed by atoms with van der Waals surface area (Å²) in [4.78, 5) is 8.65. The van der Waals surface area contributed by atoms with Gasteiger partial charge >= 0.3 is 0 Å². The zero-order chi connectivity index (χ0) is 12.6. The van der Waals surface area contributed by atoms with Gasteiger partial charge in [0.2, 0.25) is 5.88 Å². The zero-order valence-electron chi connectivity index (χ0n) is 10.7. The van der Waals surface area contributed by atoms with Crippen molar-refractivity contribution >= 4 is 11.0 Å². The summed E-state index contributed by atoms with van der Waals surface area (Å²) in [5.74, 6) is 0.943. The quantitative estimate of drug-likeness (QED) is 0.886. The number of rotatable bonds is 3. The SMILES string of the molecule is CCC(C)c1nc(O)c2cnn(C(C)C)c2n1. The summed E-state index contributed by atoms with van der Waals surface area (Å²) in [6.07, 6.45) is 2.56. The molecule has 2 aromatic heterocycles. The second-order valence-electron chi connectivity index (χ2n) is 4.63. The van der Waals surface area contributed by atoms with E-state index in [-0.39, 0.29) is 17.8 Å². The molecule has 5 heteroatoms. The Balaban J connectivity index is 2.64. The van der Waals surface area contributed by atoms with Gasteiger partial charge in [-0.15, -0.1) is 0 Å². The van der Waals surface area contributed by atoms with Crippen molar-refractivity contribution in [3.63, 3.8) is 0 Å². The fourth-order valence-corrected chi connectivity index (χ4v) is 1.71. The minimum absolute atomic E-state index is 0.0252. The second-order valence-corrected chi connectivity index (χ2v) is 4.63. The van der Waals surface area contributed by atoms with Crippen LogP contribution in [0.2, 0.25) is 0 Å². The van der Waals surface area contributed by atoms with Crippen molar-refractivity contribution in [3.8, 4) is 5.88 Å². The smallest absolute Gasteiger partial charge is 0.225 e. The van der Waals surface area contributed by atoms with Crippen molar-refractivity contribution in [3.05, 3.63) is 12.0 Å². The molecule has 0 fully saturated rings. The van der Waals surface area contributed by atoms with Crippen LogP contribution in [0.4, 0.5) is 0 Å². The number of fused-ring (bicyclic) bond motifs is 1. The van der Waals surface area contributed by atoms with Gasteiger partial charge in [-0.25, -0.2) is 9.67 Å². The maximum Gasteiger partial charge on any atom is 0.225 e. The largest absolute Gasteiger partial charge is 0.493 e. The van der Waals surface area contributed by atoms with Gasteiger partial charge in [0, 0.05) is 12.0 Å². The van der Waals surface area contributed by atoms with Crippen LogP contribution in [0.1, 0.15) is 51.9 Å². The summed E-state index contributed by atoms with van der Waals surface area (Å²) in [5, 5.41) is 14.7. The van der Waals surface area contributed by atoms with E-state index in [1.165, 1.54) is 0 Å². The van der Waals surface area contributed by atoms with Gasteiger partial charge in [0.1, 0.15) is 11.2 Å². The van der Waals surface area contributed by atoms with E-state index in [4.69, 9.17) is 0 Å². The van der Waals surface area contributed by atoms with Gasteiger partial charge < -0.3 is 5.11 Å². The highest BCUT2D eigenvalue weighted by atomic mass is 16.3. The van der Waals surface area contributed by atoms with Crippen molar-refractivity contribution < 1.29 is 5.11 Å². The first-order valence-corrected chi connectivity index (χ1v) is 5.98. The molecule has 1 atom stereocenters. The molecule has 0 aromatic carbocycles. The van der Waals surface area contributed by atoms with Gasteiger partial charge in [-0.05, 0) is 20.3 Å². The van der Waals surface area contributed by atoms with E-state index >= 15 is 0 Å². The van der Waals surface area contributed by atoms with Gasteiger partial charge in [-0.3, -0.25) is 0 Å². The molecule has 0 aliphatic heterocycles. The molecule has 0 saturated carbocycles. The molecule has 0 spiro atoms. The molecule has 2 heterocycles. The summed E-state index contributed by atoms with van der Waals surface area (Å²) < 4.78 is 1.81. The molecular weight excluding hydrogens is 216 g/mol. The topological polar surface area (TPSA) is 63.8 Å². The molecule has 2 aromatic rings. The number of hydrogen-bond donors (Lipinski definition) is 1. The van der Waals surface area contributed by atoms with E-state index in [0.29, 0.717) is 16.9 Å². The van der Waals surface area contributed by atoms with Crippen molar-refractivity contribution in [1.82, 2.24) is 19.7 Å². The molecule has 92 valence electrons. The van der Waals surface area contributed by atoms with E-state index < -0.39 is 0 Å². The van der Waals surface area contributed by atoms with Gasteiger partial charge in [0.05, 0.1) is 6.20 Å². The van der Waals surface area contributed by atoms with Crippen LogP contribution in [0, 0.1) is 0 Å². The summed E-state index contributed by atoms with van der Waals surface area (Å²) >= 11 is 0. The number of hydrogen-bond acceptors (Lipinski definition) is 4. The summed E-state index contributed by atoms with van der Waals surface area (Å²) in [5.41, 5.74) is 0.711. The van der Waals surface area contributed by atoms with Crippen LogP contribution in [0.15, 0.2) is 6.20 Å². The first-order valence-electron chi connectivity index (χ1n) is 5.98. The molecule has 0 radical (unpaired) electrons. The standard InChI is InChI=1S/C12H18N4O/c1-5-8(4)10-14-11-9(12(17)15-10)6-13-16(11)7(2)3/h6-8H,5H2,1-4H3,(H,14,15,17). The van der Waals surface area contributed by atoms with Crippen molar-refractivity contribution in [2.24, 2.45) is 0 Å². The lowest BCUT2D eigenvalue weighted by molar-refractivity contribution is 0.453. The molecule has 5 nitrogen and oxygen atoms in total. The Morgan fingerprint density at radius 1 is 1.29 bits per heavy atom. The Morgan fingerprint density at radius 3 is 2.59 bits per heavy atom. The Labute approximate surface area is 101 Å². The molecule has 17 heavy (non-hydrogen) atoms. The van der Waals surface area contributed by atoms with Crippen LogP contribution in [0.25, 0.3) is 11.0 Å². The van der Waals surface area contributed by atoms with Crippen molar-refractivity contribution in [1.29, 1.82) is 0 Å². The maximum absolute atomic E-state index is 9.89. The molecule has 1 N–H and O–H groups in total. The molecule has 0 bridgehead atoms. The molecule has 0 amide bonds. The zero-order valence-corrected chi connectivity index (χ0v) is 10.7. The van der Waals surface area contributed by atoms with Crippen LogP contribution in [-0.2, 0) is 0 Å². The fraction of sp³-hybridized carbons (Fsp3) is 0.583. The van der Waals surface area contributed by atoms with E-state index in [1.807, 2.05) is 18.5 Å². The van der Waals surface area contributed by atoms with Gasteiger partial charge in [0.25, 0.3) is 0 Å². The van der Waals surface area contributed by atoms with E-state index in [1.54, 1.807) is 6.20 Å². The Morgan fingerprint density at radius 2 is 2.00 bits per heavy atom. The minimum Gasteiger partial charge on any atom is -0.493 e. The Bertz CT molecular complexity index is 533. The van der Waals surface area contributed by atoms with Gasteiger partial charge in [-0.2, -0.15) is 10.1 Å². The molecule has 0 saturated heterocycles. The number of aromatic hydroxyl groups is 1. The predicted molar refractivity (Wildman–Crippen MR) is 66.1 cm³/mol. The molecule has 0 aliphatic carbocycles. The van der Waals surface area contributed by atoms with Crippen LogP contribution in [0.3, 0.4) is 0 Å². The third-order valence-electron chi connectivity index (χ3n) is 2.99. The lowest BCUT2D eigenvalue weighted by Gasteiger charge is -2.10. The lowest BCUT2D eigenvalue weighted by Crippen LogP contribution is -2.06. The minimum atomic E-state index is 0.0252. The van der Waals surface area contributed by atoms with E-state index in [0.717, 1.165) is 6.42 Å². The molecule has 0 aliphatic rings. The number of nitrogens with zero attached hydrogens (tertiary/aromatic N) is 4. The first-order chi connectivity index (χ1) is 8.04. The highest BCUT2D eigenvalue weighted by Gasteiger charge is 2.16. The summed E-state index contributed by atoms with van der Waals surface area (Å²) in [6, 6.07) is 0.214. The lowest BCUT2D eigenvalue weighted by atomic mass is 10.1. The monoisotopic (exact) mass is 234 g/mol. The van der Waals surface area contributed by atoms with Gasteiger partial charge in [0.15, 0.2) is 5.65 Å². The third kappa shape index (κ3) is 1.97. The first kappa shape index (κ1) is 11.8. The Hall–Kier alpha value is -1.65. The highest BCUT2D eigenvalue weighted by molar-refractivity contribution is 5.79. The second kappa shape index (κ2) is 4.31. The van der Waals surface area contributed by atoms with E-state index in [2.05, 4.69) is 28.9 Å². The van der Waals surface area contributed by atoms with E-state index in [9.17, 15) is 5.11 Å². The summed E-state index contributed by atoms with van der Waals surface area (Å²) in [7, 11) is 0. The average Bonchev–Trinajstić information content (AvgIpc) is 2.72. The average molecular weight is 234 g/mol.